The van der Waals surface area contributed by atoms with Crippen molar-refractivity contribution >= 4 is 11.7 Å². The molecule has 1 heterocycles. The normalized spacial score (nSPS) is 19.8. The summed E-state index contributed by atoms with van der Waals surface area (Å²) in [5.41, 5.74) is 0.818. The van der Waals surface area contributed by atoms with Gasteiger partial charge in [-0.3, -0.25) is 4.79 Å². The Hall–Kier alpha value is -1.62. The Bertz CT molecular complexity index is 424. The summed E-state index contributed by atoms with van der Waals surface area (Å²) in [4.78, 5) is 12.5. The molecule has 18 heavy (non-hydrogen) atoms. The third-order valence-electron chi connectivity index (χ3n) is 2.99. The van der Waals surface area contributed by atoms with Crippen molar-refractivity contribution in [1.82, 2.24) is 0 Å². The Kier molecular flexibility index (Phi) is 4.15. The van der Waals surface area contributed by atoms with Crippen molar-refractivity contribution in [2.75, 3.05) is 24.6 Å². The van der Waals surface area contributed by atoms with Gasteiger partial charge in [0, 0.05) is 25.2 Å². The molecular formula is C13H16FNO3. The van der Waals surface area contributed by atoms with Gasteiger partial charge in [0.2, 0.25) is 0 Å². The van der Waals surface area contributed by atoms with Crippen LogP contribution in [0, 0.1) is 5.82 Å². The number of carboxylic acid groups (broad SMARTS) is 1. The summed E-state index contributed by atoms with van der Waals surface area (Å²) in [7, 11) is 0. The summed E-state index contributed by atoms with van der Waals surface area (Å²) in [5.74, 6) is -1.08. The highest BCUT2D eigenvalue weighted by Crippen LogP contribution is 2.20. The largest absolute Gasteiger partial charge is 0.481 e. The van der Waals surface area contributed by atoms with Crippen LogP contribution in [0.4, 0.5) is 10.1 Å². The van der Waals surface area contributed by atoms with Gasteiger partial charge in [-0.1, -0.05) is 6.07 Å². The van der Waals surface area contributed by atoms with Crippen LogP contribution in [0.15, 0.2) is 24.3 Å². The lowest BCUT2D eigenvalue weighted by Gasteiger charge is -2.34. The number of rotatable bonds is 4. The second-order valence-corrected chi connectivity index (χ2v) is 4.35. The fraction of sp³-hybridized carbons (Fsp3) is 0.462. The first-order valence-electron chi connectivity index (χ1n) is 5.99. The molecule has 0 bridgehead atoms. The lowest BCUT2D eigenvalue weighted by Crippen LogP contribution is -2.42. The first-order chi connectivity index (χ1) is 8.65. The molecule has 0 aromatic heterocycles. The maximum absolute atomic E-state index is 13.1. The summed E-state index contributed by atoms with van der Waals surface area (Å²) in [5, 5.41) is 8.64. The van der Waals surface area contributed by atoms with Gasteiger partial charge in [-0.2, -0.15) is 0 Å². The van der Waals surface area contributed by atoms with Crippen molar-refractivity contribution < 1.29 is 19.0 Å². The molecule has 0 saturated carbocycles. The van der Waals surface area contributed by atoms with Crippen LogP contribution < -0.4 is 4.90 Å². The predicted octanol–water partition coefficient (Wildman–Crippen LogP) is 1.90. The highest BCUT2D eigenvalue weighted by molar-refractivity contribution is 5.66. The summed E-state index contributed by atoms with van der Waals surface area (Å²) in [6.45, 7) is 1.85. The number of aliphatic carboxylic acids is 1. The quantitative estimate of drug-likeness (QED) is 0.890. The molecule has 1 aliphatic rings. The zero-order valence-electron chi connectivity index (χ0n) is 10.0. The summed E-state index contributed by atoms with van der Waals surface area (Å²) in [6.07, 6.45) is 0.487. The number of benzene rings is 1. The summed E-state index contributed by atoms with van der Waals surface area (Å²) >= 11 is 0. The van der Waals surface area contributed by atoms with Crippen LogP contribution in [0.25, 0.3) is 0 Å². The maximum atomic E-state index is 13.1. The minimum absolute atomic E-state index is 0.0989. The molecule has 1 aromatic carbocycles. The van der Waals surface area contributed by atoms with E-state index >= 15 is 0 Å². The van der Waals surface area contributed by atoms with Gasteiger partial charge < -0.3 is 14.7 Å². The van der Waals surface area contributed by atoms with Crippen LogP contribution in [0.5, 0.6) is 0 Å². The zero-order chi connectivity index (χ0) is 13.0. The van der Waals surface area contributed by atoms with E-state index in [-0.39, 0.29) is 18.3 Å². The highest BCUT2D eigenvalue weighted by Gasteiger charge is 2.21. The van der Waals surface area contributed by atoms with Crippen LogP contribution in [0.2, 0.25) is 0 Å². The lowest BCUT2D eigenvalue weighted by molar-refractivity contribution is -0.137. The number of nitrogens with zero attached hydrogens (tertiary/aromatic N) is 1. The SMILES string of the molecule is O=C(O)CCC1CN(c2cccc(F)c2)CCO1. The van der Waals surface area contributed by atoms with E-state index in [1.54, 1.807) is 6.07 Å². The standard InChI is InChI=1S/C13H16FNO3/c14-10-2-1-3-11(8-10)15-6-7-18-12(9-15)4-5-13(16)17/h1-3,8,12H,4-7,9H2,(H,16,17). The van der Waals surface area contributed by atoms with Crippen LogP contribution >= 0.6 is 0 Å². The molecule has 1 N–H and O–H groups in total. The number of carbonyl (C=O) groups is 1. The Balaban J connectivity index is 1.96. The van der Waals surface area contributed by atoms with Crippen LogP contribution in [0.3, 0.4) is 0 Å². The molecule has 1 aromatic rings. The molecule has 1 saturated heterocycles. The molecule has 1 unspecified atom stereocenters. The van der Waals surface area contributed by atoms with Crippen molar-refractivity contribution in [2.45, 2.75) is 18.9 Å². The number of anilines is 1. The number of ether oxygens (including phenoxy) is 1. The topological polar surface area (TPSA) is 49.8 Å². The van der Waals surface area contributed by atoms with E-state index in [4.69, 9.17) is 9.84 Å². The smallest absolute Gasteiger partial charge is 0.303 e. The first-order valence-corrected chi connectivity index (χ1v) is 5.99. The van der Waals surface area contributed by atoms with E-state index in [1.807, 2.05) is 11.0 Å². The molecule has 1 aliphatic heterocycles. The lowest BCUT2D eigenvalue weighted by atomic mass is 10.1. The molecule has 1 fully saturated rings. The van der Waals surface area contributed by atoms with Crippen LogP contribution in [-0.4, -0.2) is 36.9 Å². The minimum atomic E-state index is -0.818. The van der Waals surface area contributed by atoms with Gasteiger partial charge in [-0.15, -0.1) is 0 Å². The maximum Gasteiger partial charge on any atom is 0.303 e. The molecule has 0 spiro atoms. The first kappa shape index (κ1) is 12.8. The molecule has 5 heteroatoms. The molecule has 98 valence electrons. The van der Waals surface area contributed by atoms with Crippen molar-refractivity contribution in [2.24, 2.45) is 0 Å². The highest BCUT2D eigenvalue weighted by atomic mass is 19.1. The average molecular weight is 253 g/mol. The molecule has 0 amide bonds. The Labute approximate surface area is 105 Å². The zero-order valence-corrected chi connectivity index (χ0v) is 10.0. The number of morpholine rings is 1. The summed E-state index contributed by atoms with van der Waals surface area (Å²) in [6, 6.07) is 6.42. The Morgan fingerprint density at radius 3 is 3.11 bits per heavy atom. The van der Waals surface area contributed by atoms with Gasteiger partial charge in [-0.25, -0.2) is 4.39 Å². The third kappa shape index (κ3) is 3.43. The minimum Gasteiger partial charge on any atom is -0.481 e. The van der Waals surface area contributed by atoms with Gasteiger partial charge >= 0.3 is 5.97 Å². The van der Waals surface area contributed by atoms with Crippen LogP contribution in [-0.2, 0) is 9.53 Å². The van der Waals surface area contributed by atoms with Gasteiger partial charge in [0.25, 0.3) is 0 Å². The second-order valence-electron chi connectivity index (χ2n) is 4.35. The van der Waals surface area contributed by atoms with Gasteiger partial charge in [0.05, 0.1) is 12.7 Å². The molecule has 1 atom stereocenters. The van der Waals surface area contributed by atoms with Gasteiger partial charge in [0.15, 0.2) is 0 Å². The number of carboxylic acids is 1. The number of halogens is 1. The Morgan fingerprint density at radius 1 is 1.56 bits per heavy atom. The number of hydrogen-bond acceptors (Lipinski definition) is 3. The number of hydrogen-bond donors (Lipinski definition) is 1. The molecule has 4 nitrogen and oxygen atoms in total. The molecule has 0 aliphatic carbocycles. The fourth-order valence-electron chi connectivity index (χ4n) is 2.09. The van der Waals surface area contributed by atoms with E-state index < -0.39 is 5.97 Å². The molecular weight excluding hydrogens is 237 g/mol. The monoisotopic (exact) mass is 253 g/mol. The van der Waals surface area contributed by atoms with Crippen LogP contribution in [0.1, 0.15) is 12.8 Å². The van der Waals surface area contributed by atoms with E-state index in [0.29, 0.717) is 26.1 Å². The summed E-state index contributed by atoms with van der Waals surface area (Å²) < 4.78 is 18.6. The van der Waals surface area contributed by atoms with Crippen molar-refractivity contribution in [3.63, 3.8) is 0 Å². The van der Waals surface area contributed by atoms with Crippen molar-refractivity contribution in [3.05, 3.63) is 30.1 Å². The predicted molar refractivity (Wildman–Crippen MR) is 65.2 cm³/mol. The fourth-order valence-corrected chi connectivity index (χ4v) is 2.09. The van der Waals surface area contributed by atoms with Crippen molar-refractivity contribution in [3.8, 4) is 0 Å². The average Bonchev–Trinajstić information content (AvgIpc) is 2.37. The van der Waals surface area contributed by atoms with Crippen molar-refractivity contribution in [1.29, 1.82) is 0 Å². The van der Waals surface area contributed by atoms with E-state index in [9.17, 15) is 9.18 Å². The Morgan fingerprint density at radius 2 is 2.39 bits per heavy atom. The van der Waals surface area contributed by atoms with E-state index in [2.05, 4.69) is 0 Å². The molecule has 0 radical (unpaired) electrons. The second kappa shape index (κ2) is 5.82. The van der Waals surface area contributed by atoms with Gasteiger partial charge in [-0.05, 0) is 24.6 Å². The van der Waals surface area contributed by atoms with E-state index in [0.717, 1.165) is 5.69 Å². The van der Waals surface area contributed by atoms with E-state index in [1.165, 1.54) is 12.1 Å². The molecule has 2 rings (SSSR count). The third-order valence-corrected chi connectivity index (χ3v) is 2.99. The van der Waals surface area contributed by atoms with Gasteiger partial charge in [0.1, 0.15) is 5.82 Å².